The van der Waals surface area contributed by atoms with Crippen molar-refractivity contribution >= 4 is 33.8 Å². The third kappa shape index (κ3) is 3.39. The molecule has 0 atom stereocenters. The van der Waals surface area contributed by atoms with Crippen LogP contribution in [0.2, 0.25) is 5.02 Å². The molecular weight excluding hydrogens is 358 g/mol. The molecule has 4 rings (SSSR count). The molecule has 1 aliphatic heterocycles. The summed E-state index contributed by atoms with van der Waals surface area (Å²) in [6.45, 7) is 3.45. The standard InChI is InChI=1S/C17H18ClN5OS/c1-11-19-20-17-23(11)21-16(25-17)13-6-8-22(9-7-13)15(24)10-12-2-4-14(18)5-3-12/h2-5,13H,6-10H2,1H3. The fourth-order valence-electron chi connectivity index (χ4n) is 3.16. The van der Waals surface area contributed by atoms with Gasteiger partial charge in [-0.2, -0.15) is 9.61 Å². The molecular formula is C17H18ClN5OS. The summed E-state index contributed by atoms with van der Waals surface area (Å²) in [4.78, 5) is 15.3. The molecule has 1 amide bonds. The lowest BCUT2D eigenvalue weighted by molar-refractivity contribution is -0.131. The van der Waals surface area contributed by atoms with Gasteiger partial charge in [0.05, 0.1) is 6.42 Å². The number of fused-ring (bicyclic) bond motifs is 1. The van der Waals surface area contributed by atoms with Crippen LogP contribution in [-0.4, -0.2) is 43.7 Å². The minimum absolute atomic E-state index is 0.176. The summed E-state index contributed by atoms with van der Waals surface area (Å²) in [6.07, 6.45) is 2.31. The van der Waals surface area contributed by atoms with Crippen LogP contribution in [0.5, 0.6) is 0 Å². The highest BCUT2D eigenvalue weighted by atomic mass is 35.5. The number of nitrogens with zero attached hydrogens (tertiary/aromatic N) is 5. The number of halogens is 1. The molecule has 1 aromatic carbocycles. The van der Waals surface area contributed by atoms with Crippen LogP contribution < -0.4 is 0 Å². The van der Waals surface area contributed by atoms with E-state index in [9.17, 15) is 4.79 Å². The number of hydrogen-bond donors (Lipinski definition) is 0. The molecule has 0 saturated carbocycles. The lowest BCUT2D eigenvalue weighted by atomic mass is 9.97. The van der Waals surface area contributed by atoms with Crippen molar-refractivity contribution in [2.24, 2.45) is 0 Å². The van der Waals surface area contributed by atoms with Gasteiger partial charge in [0, 0.05) is 24.0 Å². The summed E-state index contributed by atoms with van der Waals surface area (Å²) in [7, 11) is 0. The number of carbonyl (C=O) groups is 1. The highest BCUT2D eigenvalue weighted by Gasteiger charge is 2.26. The summed E-state index contributed by atoms with van der Waals surface area (Å²) < 4.78 is 1.80. The number of aryl methyl sites for hydroxylation is 1. The van der Waals surface area contributed by atoms with Crippen LogP contribution in [0.3, 0.4) is 0 Å². The third-order valence-electron chi connectivity index (χ3n) is 4.63. The van der Waals surface area contributed by atoms with E-state index >= 15 is 0 Å². The number of benzene rings is 1. The number of likely N-dealkylation sites (tertiary alicyclic amines) is 1. The van der Waals surface area contributed by atoms with Crippen molar-refractivity contribution < 1.29 is 4.79 Å². The summed E-state index contributed by atoms with van der Waals surface area (Å²) in [5, 5.41) is 14.6. The quantitative estimate of drug-likeness (QED) is 0.705. The topological polar surface area (TPSA) is 63.4 Å². The van der Waals surface area contributed by atoms with Crippen molar-refractivity contribution in [1.82, 2.24) is 24.7 Å². The van der Waals surface area contributed by atoms with Gasteiger partial charge in [0.25, 0.3) is 0 Å². The Hall–Kier alpha value is -1.99. The van der Waals surface area contributed by atoms with Gasteiger partial charge < -0.3 is 4.90 Å². The van der Waals surface area contributed by atoms with Crippen molar-refractivity contribution in [2.45, 2.75) is 32.1 Å². The maximum absolute atomic E-state index is 12.5. The summed E-state index contributed by atoms with van der Waals surface area (Å²) in [5.41, 5.74) is 1.00. The molecule has 3 aromatic rings. The van der Waals surface area contributed by atoms with Crippen LogP contribution in [-0.2, 0) is 11.2 Å². The lowest BCUT2D eigenvalue weighted by Gasteiger charge is -2.31. The van der Waals surface area contributed by atoms with Crippen molar-refractivity contribution in [1.29, 1.82) is 0 Å². The van der Waals surface area contributed by atoms with Gasteiger partial charge in [-0.25, -0.2) is 0 Å². The predicted octanol–water partition coefficient (Wildman–Crippen LogP) is 3.10. The first-order chi connectivity index (χ1) is 12.1. The Bertz CT molecular complexity index is 896. The van der Waals surface area contributed by atoms with E-state index in [-0.39, 0.29) is 5.91 Å². The number of hydrogen-bond acceptors (Lipinski definition) is 5. The van der Waals surface area contributed by atoms with E-state index in [4.69, 9.17) is 11.6 Å². The smallest absolute Gasteiger partial charge is 0.234 e. The molecule has 25 heavy (non-hydrogen) atoms. The number of carbonyl (C=O) groups excluding carboxylic acids is 1. The van der Waals surface area contributed by atoms with Crippen molar-refractivity contribution in [2.75, 3.05) is 13.1 Å². The van der Waals surface area contributed by atoms with Gasteiger partial charge in [-0.3, -0.25) is 4.79 Å². The zero-order chi connectivity index (χ0) is 17.4. The third-order valence-corrected chi connectivity index (χ3v) is 5.94. The Morgan fingerprint density at radius 3 is 2.64 bits per heavy atom. The van der Waals surface area contributed by atoms with E-state index in [2.05, 4.69) is 15.3 Å². The first-order valence-electron chi connectivity index (χ1n) is 8.31. The van der Waals surface area contributed by atoms with E-state index in [1.165, 1.54) is 0 Å². The van der Waals surface area contributed by atoms with Crippen LogP contribution in [0.1, 0.15) is 35.2 Å². The normalized spacial score (nSPS) is 15.8. The molecule has 1 saturated heterocycles. The second-order valence-electron chi connectivity index (χ2n) is 6.34. The highest BCUT2D eigenvalue weighted by Crippen LogP contribution is 2.31. The van der Waals surface area contributed by atoms with Gasteiger partial charge in [0.2, 0.25) is 10.9 Å². The van der Waals surface area contributed by atoms with Crippen LogP contribution in [0.4, 0.5) is 0 Å². The number of piperidine rings is 1. The average molecular weight is 376 g/mol. The predicted molar refractivity (Wildman–Crippen MR) is 97.1 cm³/mol. The van der Waals surface area contributed by atoms with Gasteiger partial charge in [0.15, 0.2) is 5.82 Å². The number of amides is 1. The minimum Gasteiger partial charge on any atom is -0.342 e. The molecule has 0 spiro atoms. The fraction of sp³-hybridized carbons (Fsp3) is 0.412. The van der Waals surface area contributed by atoms with Crippen molar-refractivity contribution in [3.63, 3.8) is 0 Å². The first kappa shape index (κ1) is 16.5. The molecule has 2 aromatic heterocycles. The maximum atomic E-state index is 12.5. The minimum atomic E-state index is 0.176. The number of rotatable bonds is 3. The summed E-state index contributed by atoms with van der Waals surface area (Å²) >= 11 is 7.49. The molecule has 0 N–H and O–H groups in total. The maximum Gasteiger partial charge on any atom is 0.234 e. The van der Waals surface area contributed by atoms with Crippen LogP contribution in [0, 0.1) is 6.92 Å². The monoisotopic (exact) mass is 375 g/mol. The molecule has 1 fully saturated rings. The van der Waals surface area contributed by atoms with Gasteiger partial charge >= 0.3 is 0 Å². The van der Waals surface area contributed by atoms with E-state index in [0.717, 1.165) is 47.3 Å². The molecule has 6 nitrogen and oxygen atoms in total. The van der Waals surface area contributed by atoms with E-state index in [0.29, 0.717) is 17.4 Å². The lowest BCUT2D eigenvalue weighted by Crippen LogP contribution is -2.38. The van der Waals surface area contributed by atoms with Crippen LogP contribution in [0.15, 0.2) is 24.3 Å². The molecule has 3 heterocycles. The fourth-order valence-corrected chi connectivity index (χ4v) is 4.34. The van der Waals surface area contributed by atoms with Gasteiger partial charge in [-0.05, 0) is 37.5 Å². The molecule has 0 unspecified atom stereocenters. The second kappa shape index (κ2) is 6.72. The first-order valence-corrected chi connectivity index (χ1v) is 9.50. The molecule has 0 aliphatic carbocycles. The molecule has 8 heteroatoms. The average Bonchev–Trinajstić information content (AvgIpc) is 3.19. The molecule has 130 valence electrons. The summed E-state index contributed by atoms with van der Waals surface area (Å²) in [5.74, 6) is 1.38. The SMILES string of the molecule is Cc1nnc2sc(C3CCN(C(=O)Cc4ccc(Cl)cc4)CC3)nn12. The van der Waals surface area contributed by atoms with E-state index < -0.39 is 0 Å². The Morgan fingerprint density at radius 1 is 1.24 bits per heavy atom. The van der Waals surface area contributed by atoms with Gasteiger partial charge in [-0.1, -0.05) is 35.1 Å². The summed E-state index contributed by atoms with van der Waals surface area (Å²) in [6, 6.07) is 7.47. The Kier molecular flexibility index (Phi) is 4.43. The Morgan fingerprint density at radius 2 is 1.96 bits per heavy atom. The zero-order valence-electron chi connectivity index (χ0n) is 13.9. The Balaban J connectivity index is 1.37. The molecule has 0 bridgehead atoms. The van der Waals surface area contributed by atoms with Crippen LogP contribution in [0.25, 0.3) is 4.96 Å². The van der Waals surface area contributed by atoms with Gasteiger partial charge in [-0.15, -0.1) is 10.2 Å². The van der Waals surface area contributed by atoms with E-state index in [1.807, 2.05) is 36.1 Å². The van der Waals surface area contributed by atoms with Crippen molar-refractivity contribution in [3.05, 3.63) is 45.7 Å². The van der Waals surface area contributed by atoms with Crippen LogP contribution >= 0.6 is 22.9 Å². The Labute approximate surface area is 154 Å². The van der Waals surface area contributed by atoms with E-state index in [1.54, 1.807) is 15.9 Å². The van der Waals surface area contributed by atoms with Crippen molar-refractivity contribution in [3.8, 4) is 0 Å². The molecule has 0 radical (unpaired) electrons. The van der Waals surface area contributed by atoms with Gasteiger partial charge in [0.1, 0.15) is 5.01 Å². The zero-order valence-corrected chi connectivity index (χ0v) is 15.4. The number of aromatic nitrogens is 4. The largest absolute Gasteiger partial charge is 0.342 e. The second-order valence-corrected chi connectivity index (χ2v) is 7.76. The highest BCUT2D eigenvalue weighted by molar-refractivity contribution is 7.16. The molecule has 1 aliphatic rings.